The van der Waals surface area contributed by atoms with Crippen LogP contribution in [-0.4, -0.2) is 13.1 Å². The minimum absolute atomic E-state index is 0.0826. The summed E-state index contributed by atoms with van der Waals surface area (Å²) in [6, 6.07) is 11.8. The van der Waals surface area contributed by atoms with Crippen molar-refractivity contribution < 1.29 is 23.0 Å². The molecule has 23 heavy (non-hydrogen) atoms. The minimum Gasteiger partial charge on any atom is -0.469 e. The Morgan fingerprint density at radius 3 is 2.26 bits per heavy atom. The lowest BCUT2D eigenvalue weighted by atomic mass is 10.1. The van der Waals surface area contributed by atoms with Crippen LogP contribution >= 0.6 is 0 Å². The van der Waals surface area contributed by atoms with Crippen molar-refractivity contribution in [3.63, 3.8) is 0 Å². The van der Waals surface area contributed by atoms with E-state index < -0.39 is 17.6 Å². The summed E-state index contributed by atoms with van der Waals surface area (Å²) < 4.78 is 37.9. The lowest BCUT2D eigenvalue weighted by Gasteiger charge is -2.09. The Hall–Kier alpha value is -2.27. The van der Waals surface area contributed by atoms with Crippen molar-refractivity contribution in [1.82, 2.24) is 0 Å². The van der Waals surface area contributed by atoms with Gasteiger partial charge in [-0.05, 0) is 29.7 Å². The van der Waals surface area contributed by atoms with E-state index in [1.807, 2.05) is 30.3 Å². The highest BCUT2D eigenvalue weighted by atomic mass is 19.1. The Kier molecular flexibility index (Phi) is 6.23. The van der Waals surface area contributed by atoms with E-state index in [-0.39, 0.29) is 31.6 Å². The zero-order valence-corrected chi connectivity index (χ0v) is 12.9. The number of carbonyl (C=O) groups is 1. The van der Waals surface area contributed by atoms with Crippen molar-refractivity contribution in [2.24, 2.45) is 0 Å². The second kappa shape index (κ2) is 8.39. The van der Waals surface area contributed by atoms with Crippen LogP contribution in [0.25, 0.3) is 0 Å². The molecule has 0 radical (unpaired) electrons. The predicted octanol–water partition coefficient (Wildman–Crippen LogP) is 3.79. The van der Waals surface area contributed by atoms with E-state index in [0.717, 1.165) is 5.56 Å². The van der Waals surface area contributed by atoms with E-state index >= 15 is 0 Å². The first-order valence-electron chi connectivity index (χ1n) is 7.25. The molecule has 0 fully saturated rings. The second-order valence-electron chi connectivity index (χ2n) is 5.09. The molecule has 0 aromatic heterocycles. The molecule has 5 heteroatoms. The van der Waals surface area contributed by atoms with E-state index in [2.05, 4.69) is 4.74 Å². The first-order valence-corrected chi connectivity index (χ1v) is 7.25. The molecule has 0 unspecified atom stereocenters. The van der Waals surface area contributed by atoms with Crippen LogP contribution in [0.1, 0.15) is 23.1 Å². The minimum atomic E-state index is -0.669. The van der Waals surface area contributed by atoms with E-state index in [9.17, 15) is 13.6 Å². The lowest BCUT2D eigenvalue weighted by molar-refractivity contribution is -0.140. The first-order chi connectivity index (χ1) is 11.1. The van der Waals surface area contributed by atoms with Gasteiger partial charge in [0, 0.05) is 12.0 Å². The van der Waals surface area contributed by atoms with Crippen molar-refractivity contribution in [3.05, 3.63) is 70.8 Å². The van der Waals surface area contributed by atoms with Crippen LogP contribution in [0.2, 0.25) is 0 Å². The van der Waals surface area contributed by atoms with Gasteiger partial charge in [-0.3, -0.25) is 4.79 Å². The van der Waals surface area contributed by atoms with Crippen LogP contribution < -0.4 is 0 Å². The predicted molar refractivity (Wildman–Crippen MR) is 81.6 cm³/mol. The molecule has 2 aromatic carbocycles. The molecule has 0 atom stereocenters. The van der Waals surface area contributed by atoms with Gasteiger partial charge in [0.25, 0.3) is 0 Å². The number of carbonyl (C=O) groups excluding carboxylic acids is 1. The number of esters is 1. The number of methoxy groups -OCH3 is 1. The van der Waals surface area contributed by atoms with Gasteiger partial charge in [-0.25, -0.2) is 8.78 Å². The van der Waals surface area contributed by atoms with Gasteiger partial charge < -0.3 is 9.47 Å². The maximum absolute atomic E-state index is 14.0. The first kappa shape index (κ1) is 17.1. The Morgan fingerprint density at radius 2 is 1.65 bits per heavy atom. The quantitative estimate of drug-likeness (QED) is 0.728. The molecule has 0 aliphatic heterocycles. The number of halogens is 2. The fraction of sp³-hybridized carbons (Fsp3) is 0.278. The molecule has 0 aliphatic rings. The summed E-state index contributed by atoms with van der Waals surface area (Å²) >= 11 is 0. The van der Waals surface area contributed by atoms with Crippen LogP contribution in [0.5, 0.6) is 0 Å². The molecule has 0 N–H and O–H groups in total. The van der Waals surface area contributed by atoms with Crippen LogP contribution in [-0.2, 0) is 33.9 Å². The summed E-state index contributed by atoms with van der Waals surface area (Å²) in [4.78, 5) is 11.1. The average molecular weight is 320 g/mol. The summed E-state index contributed by atoms with van der Waals surface area (Å²) in [5.41, 5.74) is 1.24. The van der Waals surface area contributed by atoms with Gasteiger partial charge in [-0.2, -0.15) is 0 Å². The normalized spacial score (nSPS) is 10.6. The highest BCUT2D eigenvalue weighted by molar-refractivity contribution is 5.69. The van der Waals surface area contributed by atoms with E-state index in [4.69, 9.17) is 4.74 Å². The summed E-state index contributed by atoms with van der Waals surface area (Å²) in [6.45, 7) is 0.133. The third-order valence-electron chi connectivity index (χ3n) is 3.40. The van der Waals surface area contributed by atoms with E-state index in [1.165, 1.54) is 19.2 Å². The van der Waals surface area contributed by atoms with Gasteiger partial charge in [0.15, 0.2) is 0 Å². The Morgan fingerprint density at radius 1 is 1.00 bits per heavy atom. The number of hydrogen-bond acceptors (Lipinski definition) is 3. The van der Waals surface area contributed by atoms with Crippen molar-refractivity contribution in [1.29, 1.82) is 0 Å². The van der Waals surface area contributed by atoms with Gasteiger partial charge in [0.2, 0.25) is 0 Å². The standard InChI is InChI=1S/C18H18F2O3/c1-22-18(21)8-7-14-9-16(19)15(17(20)10-14)12-23-11-13-5-3-2-4-6-13/h2-6,9-10H,7-8,11-12H2,1H3. The number of ether oxygens (including phenoxy) is 2. The largest absolute Gasteiger partial charge is 0.469 e. The van der Waals surface area contributed by atoms with Gasteiger partial charge in [0.1, 0.15) is 11.6 Å². The second-order valence-corrected chi connectivity index (χ2v) is 5.09. The Labute approximate surface area is 133 Å². The molecule has 0 saturated heterocycles. The lowest BCUT2D eigenvalue weighted by Crippen LogP contribution is -2.05. The van der Waals surface area contributed by atoms with Crippen molar-refractivity contribution in [3.8, 4) is 0 Å². The molecule has 2 aromatic rings. The van der Waals surface area contributed by atoms with Crippen LogP contribution in [0, 0.1) is 11.6 Å². The average Bonchev–Trinajstić information content (AvgIpc) is 2.56. The third kappa shape index (κ3) is 5.14. The summed E-state index contributed by atoms with van der Waals surface area (Å²) in [5, 5.41) is 0. The molecule has 3 nitrogen and oxygen atoms in total. The monoisotopic (exact) mass is 320 g/mol. The molecule has 0 aliphatic carbocycles. The van der Waals surface area contributed by atoms with Crippen LogP contribution in [0.15, 0.2) is 42.5 Å². The van der Waals surface area contributed by atoms with E-state index in [0.29, 0.717) is 5.56 Å². The number of rotatable bonds is 7. The zero-order chi connectivity index (χ0) is 16.7. The molecular formula is C18H18F2O3. The van der Waals surface area contributed by atoms with Crippen molar-refractivity contribution in [2.45, 2.75) is 26.1 Å². The topological polar surface area (TPSA) is 35.5 Å². The highest BCUT2D eigenvalue weighted by Gasteiger charge is 2.12. The van der Waals surface area contributed by atoms with Crippen LogP contribution in [0.3, 0.4) is 0 Å². The van der Waals surface area contributed by atoms with Gasteiger partial charge in [0.05, 0.1) is 20.3 Å². The van der Waals surface area contributed by atoms with Gasteiger partial charge >= 0.3 is 5.97 Å². The zero-order valence-electron chi connectivity index (χ0n) is 12.9. The SMILES string of the molecule is COC(=O)CCc1cc(F)c(COCc2ccccc2)c(F)c1. The fourth-order valence-corrected chi connectivity index (χ4v) is 2.13. The molecule has 0 saturated carbocycles. The fourth-order valence-electron chi connectivity index (χ4n) is 2.13. The number of benzene rings is 2. The maximum atomic E-state index is 14.0. The smallest absolute Gasteiger partial charge is 0.305 e. The summed E-state index contributed by atoms with van der Waals surface area (Å²) in [7, 11) is 1.27. The number of hydrogen-bond donors (Lipinski definition) is 0. The van der Waals surface area contributed by atoms with E-state index in [1.54, 1.807) is 0 Å². The van der Waals surface area contributed by atoms with Gasteiger partial charge in [-0.15, -0.1) is 0 Å². The number of aryl methyl sites for hydroxylation is 1. The van der Waals surface area contributed by atoms with Crippen molar-refractivity contribution in [2.75, 3.05) is 7.11 Å². The molecule has 0 spiro atoms. The molecular weight excluding hydrogens is 302 g/mol. The Bertz CT molecular complexity index is 634. The van der Waals surface area contributed by atoms with Crippen LogP contribution in [0.4, 0.5) is 8.78 Å². The molecule has 0 bridgehead atoms. The summed E-state index contributed by atoms with van der Waals surface area (Å²) in [5.74, 6) is -1.75. The van der Waals surface area contributed by atoms with Crippen molar-refractivity contribution >= 4 is 5.97 Å². The summed E-state index contributed by atoms with van der Waals surface area (Å²) in [6.07, 6.45) is 0.310. The molecule has 2 rings (SSSR count). The third-order valence-corrected chi connectivity index (χ3v) is 3.40. The van der Waals surface area contributed by atoms with Gasteiger partial charge in [-0.1, -0.05) is 30.3 Å². The molecule has 0 heterocycles. The maximum Gasteiger partial charge on any atom is 0.305 e. The molecule has 0 amide bonds. The Balaban J connectivity index is 1.95. The highest BCUT2D eigenvalue weighted by Crippen LogP contribution is 2.18. The molecule has 122 valence electrons.